The molecule has 0 unspecified atom stereocenters. The van der Waals surface area contributed by atoms with E-state index in [4.69, 9.17) is 0 Å². The molecule has 110 valence electrons. The molecule has 0 saturated carbocycles. The van der Waals surface area contributed by atoms with E-state index in [9.17, 15) is 0 Å². The molecule has 5 heteroatoms. The van der Waals surface area contributed by atoms with Crippen molar-refractivity contribution in [2.45, 2.75) is 39.3 Å². The normalized spacial score (nSPS) is 15.0. The predicted octanol–water partition coefficient (Wildman–Crippen LogP) is 2.78. The first-order chi connectivity index (χ1) is 9.28. The van der Waals surface area contributed by atoms with Crippen molar-refractivity contribution >= 4 is 29.9 Å². The predicted molar refractivity (Wildman–Crippen MR) is 94.5 cm³/mol. The maximum Gasteiger partial charge on any atom is 0.191 e. The lowest BCUT2D eigenvalue weighted by atomic mass is 10.2. The molecule has 0 amide bonds. The Balaban J connectivity index is 0.00000200. The smallest absolute Gasteiger partial charge is 0.191 e. The van der Waals surface area contributed by atoms with Crippen LogP contribution in [0.4, 0.5) is 0 Å². The molecule has 2 N–H and O–H groups in total. The number of nitrogens with zero attached hydrogens (tertiary/aromatic N) is 2. The van der Waals surface area contributed by atoms with Crippen LogP contribution in [0.25, 0.3) is 0 Å². The summed E-state index contributed by atoms with van der Waals surface area (Å²) in [6.07, 6.45) is 6.58. The number of halogens is 1. The Labute approximate surface area is 138 Å². The van der Waals surface area contributed by atoms with Crippen LogP contribution < -0.4 is 10.6 Å². The van der Waals surface area contributed by atoms with Crippen LogP contribution in [0.15, 0.2) is 35.3 Å². The van der Waals surface area contributed by atoms with Gasteiger partial charge in [0, 0.05) is 18.3 Å². The SMILES string of the molecule is CCNC(=NCc1cccc(C)n1)NC1CC=CC1.I. The zero-order valence-corrected chi connectivity index (χ0v) is 14.4. The van der Waals surface area contributed by atoms with Gasteiger partial charge in [0.2, 0.25) is 0 Å². The lowest BCUT2D eigenvalue weighted by molar-refractivity contribution is 0.633. The van der Waals surface area contributed by atoms with E-state index >= 15 is 0 Å². The summed E-state index contributed by atoms with van der Waals surface area (Å²) in [5.41, 5.74) is 2.03. The molecule has 20 heavy (non-hydrogen) atoms. The summed E-state index contributed by atoms with van der Waals surface area (Å²) < 4.78 is 0. The highest BCUT2D eigenvalue weighted by Crippen LogP contribution is 2.08. The highest BCUT2D eigenvalue weighted by molar-refractivity contribution is 14.0. The molecule has 0 atom stereocenters. The number of hydrogen-bond acceptors (Lipinski definition) is 2. The van der Waals surface area contributed by atoms with E-state index in [1.54, 1.807) is 0 Å². The van der Waals surface area contributed by atoms with Gasteiger partial charge in [-0.1, -0.05) is 18.2 Å². The molecule has 0 spiro atoms. The van der Waals surface area contributed by atoms with Crippen molar-refractivity contribution in [2.24, 2.45) is 4.99 Å². The molecular weight excluding hydrogens is 363 g/mol. The Bertz CT molecular complexity index is 463. The van der Waals surface area contributed by atoms with Crippen molar-refractivity contribution < 1.29 is 0 Å². The maximum atomic E-state index is 4.59. The van der Waals surface area contributed by atoms with Crippen molar-refractivity contribution in [1.82, 2.24) is 15.6 Å². The molecule has 4 nitrogen and oxygen atoms in total. The Hall–Kier alpha value is -1.11. The van der Waals surface area contributed by atoms with E-state index in [0.717, 1.165) is 36.7 Å². The number of hydrogen-bond donors (Lipinski definition) is 2. The first-order valence-electron chi connectivity index (χ1n) is 6.90. The van der Waals surface area contributed by atoms with Crippen molar-refractivity contribution in [3.05, 3.63) is 41.7 Å². The van der Waals surface area contributed by atoms with Crippen LogP contribution in [0, 0.1) is 6.92 Å². The van der Waals surface area contributed by atoms with Gasteiger partial charge in [-0.2, -0.15) is 0 Å². The number of aryl methyl sites for hydroxylation is 1. The molecule has 0 fully saturated rings. The number of rotatable bonds is 4. The van der Waals surface area contributed by atoms with E-state index in [-0.39, 0.29) is 24.0 Å². The Morgan fingerprint density at radius 3 is 2.75 bits per heavy atom. The number of aliphatic imine (C=N–C) groups is 1. The summed E-state index contributed by atoms with van der Waals surface area (Å²) in [5, 5.41) is 6.73. The zero-order valence-electron chi connectivity index (χ0n) is 12.1. The second-order valence-corrected chi connectivity index (χ2v) is 4.75. The van der Waals surface area contributed by atoms with Gasteiger partial charge in [-0.3, -0.25) is 4.98 Å². The van der Waals surface area contributed by atoms with E-state index in [0.29, 0.717) is 12.6 Å². The molecule has 1 aromatic rings. The molecular formula is C15H23IN4. The standard InChI is InChI=1S/C15H22N4.HI/c1-3-16-15(19-13-8-4-5-9-13)17-11-14-10-6-7-12(2)18-14;/h4-7,10,13H,3,8-9,11H2,1-2H3,(H2,16,17,19);1H. The van der Waals surface area contributed by atoms with Gasteiger partial charge in [0.05, 0.1) is 12.2 Å². The molecule has 1 aliphatic carbocycles. The summed E-state index contributed by atoms with van der Waals surface area (Å²) in [7, 11) is 0. The highest BCUT2D eigenvalue weighted by atomic mass is 127. The molecule has 0 radical (unpaired) electrons. The van der Waals surface area contributed by atoms with E-state index in [1.165, 1.54) is 0 Å². The van der Waals surface area contributed by atoms with Gasteiger partial charge in [-0.05, 0) is 38.8 Å². The van der Waals surface area contributed by atoms with Crippen LogP contribution in [-0.2, 0) is 6.54 Å². The molecule has 0 aliphatic heterocycles. The first kappa shape index (κ1) is 16.9. The topological polar surface area (TPSA) is 49.3 Å². The molecule has 1 aliphatic rings. The summed E-state index contributed by atoms with van der Waals surface area (Å²) in [5.74, 6) is 0.875. The first-order valence-corrected chi connectivity index (χ1v) is 6.90. The lowest BCUT2D eigenvalue weighted by Gasteiger charge is -2.16. The van der Waals surface area contributed by atoms with Crippen molar-refractivity contribution in [3.63, 3.8) is 0 Å². The fraction of sp³-hybridized carbons (Fsp3) is 0.467. The average Bonchev–Trinajstić information content (AvgIpc) is 2.89. The summed E-state index contributed by atoms with van der Waals surface area (Å²) in [6, 6.07) is 6.51. The summed E-state index contributed by atoms with van der Waals surface area (Å²) in [4.78, 5) is 9.05. The van der Waals surface area contributed by atoms with Gasteiger partial charge < -0.3 is 10.6 Å². The van der Waals surface area contributed by atoms with Crippen LogP contribution in [0.5, 0.6) is 0 Å². The van der Waals surface area contributed by atoms with Crippen molar-refractivity contribution in [2.75, 3.05) is 6.54 Å². The minimum absolute atomic E-state index is 0. The molecule has 1 heterocycles. The third kappa shape index (κ3) is 5.48. The quantitative estimate of drug-likeness (QED) is 0.362. The fourth-order valence-corrected chi connectivity index (χ4v) is 2.10. The van der Waals surface area contributed by atoms with Gasteiger partial charge in [-0.15, -0.1) is 24.0 Å². The van der Waals surface area contributed by atoms with Gasteiger partial charge in [0.25, 0.3) is 0 Å². The second kappa shape index (κ2) is 8.94. The second-order valence-electron chi connectivity index (χ2n) is 4.75. The Kier molecular flexibility index (Phi) is 7.58. The van der Waals surface area contributed by atoms with Crippen LogP contribution in [0.3, 0.4) is 0 Å². The number of pyridine rings is 1. The van der Waals surface area contributed by atoms with Gasteiger partial charge in [0.15, 0.2) is 5.96 Å². The van der Waals surface area contributed by atoms with Crippen LogP contribution >= 0.6 is 24.0 Å². The third-order valence-electron chi connectivity index (χ3n) is 3.04. The monoisotopic (exact) mass is 386 g/mol. The largest absolute Gasteiger partial charge is 0.357 e. The fourth-order valence-electron chi connectivity index (χ4n) is 2.10. The molecule has 2 rings (SSSR count). The molecule has 1 aromatic heterocycles. The van der Waals surface area contributed by atoms with Crippen LogP contribution in [-0.4, -0.2) is 23.5 Å². The molecule has 0 saturated heterocycles. The Morgan fingerprint density at radius 1 is 1.35 bits per heavy atom. The number of nitrogens with one attached hydrogen (secondary N) is 2. The highest BCUT2D eigenvalue weighted by Gasteiger charge is 2.11. The average molecular weight is 386 g/mol. The van der Waals surface area contributed by atoms with E-state index in [1.807, 2.05) is 25.1 Å². The number of aromatic nitrogens is 1. The maximum absolute atomic E-state index is 4.59. The minimum atomic E-state index is 0. The van der Waals surface area contributed by atoms with Gasteiger partial charge in [-0.25, -0.2) is 4.99 Å². The van der Waals surface area contributed by atoms with Gasteiger partial charge >= 0.3 is 0 Å². The van der Waals surface area contributed by atoms with Crippen LogP contribution in [0.1, 0.15) is 31.2 Å². The Morgan fingerprint density at radius 2 is 2.10 bits per heavy atom. The third-order valence-corrected chi connectivity index (χ3v) is 3.04. The van der Waals surface area contributed by atoms with Crippen LogP contribution in [0.2, 0.25) is 0 Å². The van der Waals surface area contributed by atoms with E-state index in [2.05, 4.69) is 39.7 Å². The minimum Gasteiger partial charge on any atom is -0.357 e. The lowest BCUT2D eigenvalue weighted by Crippen LogP contribution is -2.42. The van der Waals surface area contributed by atoms with E-state index < -0.39 is 0 Å². The summed E-state index contributed by atoms with van der Waals surface area (Å²) in [6.45, 7) is 5.56. The molecule has 0 bridgehead atoms. The molecule has 0 aromatic carbocycles. The summed E-state index contributed by atoms with van der Waals surface area (Å²) >= 11 is 0. The van der Waals surface area contributed by atoms with Crippen molar-refractivity contribution in [3.8, 4) is 0 Å². The number of guanidine groups is 1. The zero-order chi connectivity index (χ0) is 13.5. The van der Waals surface area contributed by atoms with Gasteiger partial charge in [0.1, 0.15) is 0 Å². The van der Waals surface area contributed by atoms with Crippen molar-refractivity contribution in [1.29, 1.82) is 0 Å².